The molecule has 0 radical (unpaired) electrons. The first-order chi connectivity index (χ1) is 12.1. The van der Waals surface area contributed by atoms with E-state index >= 15 is 0 Å². The lowest BCUT2D eigenvalue weighted by atomic mass is 10.1. The van der Waals surface area contributed by atoms with Crippen LogP contribution in [0.15, 0.2) is 50.8 Å². The van der Waals surface area contributed by atoms with Gasteiger partial charge >= 0.3 is 0 Å². The molecule has 1 unspecified atom stereocenters. The lowest BCUT2D eigenvalue weighted by Gasteiger charge is -2.21. The maximum Gasteiger partial charge on any atom is 0.137 e. The third-order valence-electron chi connectivity index (χ3n) is 3.80. The third kappa shape index (κ3) is 4.34. The van der Waals surface area contributed by atoms with Gasteiger partial charge in [0.2, 0.25) is 0 Å². The van der Waals surface area contributed by atoms with Crippen molar-refractivity contribution in [3.8, 4) is 5.75 Å². The van der Waals surface area contributed by atoms with Crippen molar-refractivity contribution in [3.63, 3.8) is 0 Å². The molecular formula is C18H18BrFN2O2S. The Morgan fingerprint density at radius 3 is 2.96 bits per heavy atom. The summed E-state index contributed by atoms with van der Waals surface area (Å²) in [5, 5.41) is 12.6. The van der Waals surface area contributed by atoms with Crippen molar-refractivity contribution in [1.82, 2.24) is 5.32 Å². The predicted molar refractivity (Wildman–Crippen MR) is 102 cm³/mol. The molecule has 25 heavy (non-hydrogen) atoms. The summed E-state index contributed by atoms with van der Waals surface area (Å²) in [6, 6.07) is 10.7. The van der Waals surface area contributed by atoms with Crippen LogP contribution in [-0.2, 0) is 5.75 Å². The molecule has 0 amide bonds. The van der Waals surface area contributed by atoms with Crippen LogP contribution in [0.4, 0.5) is 4.39 Å². The van der Waals surface area contributed by atoms with Crippen molar-refractivity contribution in [1.29, 1.82) is 0 Å². The summed E-state index contributed by atoms with van der Waals surface area (Å²) >= 11 is 4.86. The minimum absolute atomic E-state index is 0.285. The van der Waals surface area contributed by atoms with E-state index in [1.807, 2.05) is 24.3 Å². The number of halogens is 2. The van der Waals surface area contributed by atoms with E-state index in [0.717, 1.165) is 15.8 Å². The maximum atomic E-state index is 14.5. The van der Waals surface area contributed by atoms with E-state index in [2.05, 4.69) is 26.2 Å². The fourth-order valence-electron chi connectivity index (χ4n) is 2.56. The summed E-state index contributed by atoms with van der Waals surface area (Å²) < 4.78 is 20.8. The monoisotopic (exact) mass is 424 g/mol. The molecule has 1 aliphatic rings. The molecule has 1 aliphatic heterocycles. The Bertz CT molecular complexity index is 801. The molecule has 1 heterocycles. The number of rotatable bonds is 5. The molecule has 0 aliphatic carbocycles. The van der Waals surface area contributed by atoms with Crippen LogP contribution < -0.4 is 10.1 Å². The van der Waals surface area contributed by atoms with Gasteiger partial charge in [-0.2, -0.15) is 0 Å². The van der Waals surface area contributed by atoms with Crippen molar-refractivity contribution in [3.05, 3.63) is 57.8 Å². The van der Waals surface area contributed by atoms with E-state index in [9.17, 15) is 9.50 Å². The number of nitrogens with one attached hydrogen (secondary N) is 1. The van der Waals surface area contributed by atoms with Gasteiger partial charge in [-0.15, -0.1) is 11.8 Å². The second-order valence-corrected chi connectivity index (χ2v) is 7.49. The first-order valence-electron chi connectivity index (χ1n) is 7.79. The van der Waals surface area contributed by atoms with Crippen LogP contribution in [0.3, 0.4) is 0 Å². The van der Waals surface area contributed by atoms with Crippen molar-refractivity contribution in [2.75, 3.05) is 20.2 Å². The molecule has 0 fully saturated rings. The highest BCUT2D eigenvalue weighted by Gasteiger charge is 2.19. The van der Waals surface area contributed by atoms with Crippen LogP contribution in [0.2, 0.25) is 0 Å². The smallest absolute Gasteiger partial charge is 0.137 e. The first kappa shape index (κ1) is 18.2. The number of β-amino-alcohol motifs (C(OH)–C–C–N with tert-alkyl or cyclic N) is 1. The molecule has 132 valence electrons. The fourth-order valence-corrected chi connectivity index (χ4v) is 4.02. The number of benzene rings is 2. The Kier molecular flexibility index (Phi) is 5.98. The second-order valence-electron chi connectivity index (χ2n) is 5.59. The molecule has 3 rings (SSSR count). The average molecular weight is 425 g/mol. The number of ether oxygens (including phenoxy) is 1. The molecule has 2 aromatic rings. The summed E-state index contributed by atoms with van der Waals surface area (Å²) in [6.45, 7) is 0.737. The van der Waals surface area contributed by atoms with Crippen molar-refractivity contribution >= 4 is 33.5 Å². The summed E-state index contributed by atoms with van der Waals surface area (Å²) in [7, 11) is 1.62. The molecule has 0 bridgehead atoms. The highest BCUT2D eigenvalue weighted by atomic mass is 79.9. The lowest BCUT2D eigenvalue weighted by Crippen LogP contribution is -2.39. The number of methoxy groups -OCH3 is 1. The maximum absolute atomic E-state index is 14.5. The molecule has 4 nitrogen and oxygen atoms in total. The van der Waals surface area contributed by atoms with Crippen molar-refractivity contribution < 1.29 is 14.2 Å². The topological polar surface area (TPSA) is 53.9 Å². The molecule has 7 heteroatoms. The minimum atomic E-state index is -0.501. The van der Waals surface area contributed by atoms with Gasteiger partial charge in [0.05, 0.1) is 24.7 Å². The van der Waals surface area contributed by atoms with Crippen LogP contribution >= 0.6 is 27.7 Å². The molecule has 2 aromatic carbocycles. The summed E-state index contributed by atoms with van der Waals surface area (Å²) in [5.74, 6) is 1.66. The van der Waals surface area contributed by atoms with Gasteiger partial charge in [-0.05, 0) is 30.3 Å². The molecule has 1 atom stereocenters. The molecule has 0 aromatic heterocycles. The number of thioether (sulfide) groups is 1. The molecule has 0 saturated heterocycles. The first-order valence-corrected chi connectivity index (χ1v) is 9.57. The zero-order chi connectivity index (χ0) is 17.8. The number of amidine groups is 1. The van der Waals surface area contributed by atoms with Gasteiger partial charge in [0, 0.05) is 27.9 Å². The number of nitrogens with zero attached hydrogens (tertiary/aromatic N) is 1. The van der Waals surface area contributed by atoms with Crippen molar-refractivity contribution in [2.45, 2.75) is 16.8 Å². The van der Waals surface area contributed by atoms with E-state index in [1.165, 1.54) is 17.8 Å². The van der Waals surface area contributed by atoms with E-state index < -0.39 is 6.10 Å². The van der Waals surface area contributed by atoms with Crippen LogP contribution in [0.25, 0.3) is 0 Å². The van der Waals surface area contributed by atoms with Crippen LogP contribution in [0.1, 0.15) is 11.1 Å². The zero-order valence-electron chi connectivity index (χ0n) is 13.6. The van der Waals surface area contributed by atoms with E-state index in [1.54, 1.807) is 13.2 Å². The largest absolute Gasteiger partial charge is 0.496 e. The predicted octanol–water partition coefficient (Wildman–Crippen LogP) is 3.60. The Morgan fingerprint density at radius 1 is 1.40 bits per heavy atom. The van der Waals surface area contributed by atoms with E-state index in [0.29, 0.717) is 35.1 Å². The molecule has 0 spiro atoms. The number of aliphatic hydroxyl groups is 1. The van der Waals surface area contributed by atoms with E-state index in [4.69, 9.17) is 4.74 Å². The Morgan fingerprint density at radius 2 is 2.24 bits per heavy atom. The Balaban J connectivity index is 1.87. The van der Waals surface area contributed by atoms with Gasteiger partial charge in [0.25, 0.3) is 0 Å². The Labute approximate surface area is 158 Å². The SMILES string of the molecule is COc1ccc(Br)cc1CSc1c(F)cccc1C1=NCC(O)CN1. The van der Waals surface area contributed by atoms with Gasteiger partial charge in [-0.3, -0.25) is 4.99 Å². The fraction of sp³-hybridized carbons (Fsp3) is 0.278. The summed E-state index contributed by atoms with van der Waals surface area (Å²) in [4.78, 5) is 4.86. The quantitative estimate of drug-likeness (QED) is 0.719. The van der Waals surface area contributed by atoms with Crippen LogP contribution in [-0.4, -0.2) is 37.2 Å². The standard InChI is InChI=1S/C18H18BrFN2O2S/c1-24-16-6-5-12(19)7-11(16)10-25-17-14(3-2-4-15(17)20)18-21-8-13(23)9-22-18/h2-7,13,23H,8-10H2,1H3,(H,21,22). The van der Waals surface area contributed by atoms with Crippen LogP contribution in [0.5, 0.6) is 5.75 Å². The Hall–Kier alpha value is -1.57. The number of hydrogen-bond donors (Lipinski definition) is 2. The lowest BCUT2D eigenvalue weighted by molar-refractivity contribution is 0.181. The van der Waals surface area contributed by atoms with Gasteiger partial charge in [-0.1, -0.05) is 22.0 Å². The van der Waals surface area contributed by atoms with Gasteiger partial charge in [0.1, 0.15) is 17.4 Å². The van der Waals surface area contributed by atoms with Gasteiger partial charge in [0.15, 0.2) is 0 Å². The molecular weight excluding hydrogens is 407 g/mol. The van der Waals surface area contributed by atoms with Gasteiger partial charge < -0.3 is 15.2 Å². The normalized spacial score (nSPS) is 17.0. The highest BCUT2D eigenvalue weighted by molar-refractivity contribution is 9.10. The van der Waals surface area contributed by atoms with Gasteiger partial charge in [-0.25, -0.2) is 4.39 Å². The third-order valence-corrected chi connectivity index (χ3v) is 5.45. The number of aliphatic imine (C=N–C) groups is 1. The van der Waals surface area contributed by atoms with E-state index in [-0.39, 0.29) is 5.82 Å². The average Bonchev–Trinajstić information content (AvgIpc) is 2.61. The summed E-state index contributed by atoms with van der Waals surface area (Å²) in [5.41, 5.74) is 1.69. The molecule has 0 saturated carbocycles. The van der Waals surface area contributed by atoms with Crippen LogP contribution in [0, 0.1) is 5.82 Å². The second kappa shape index (κ2) is 8.21. The highest BCUT2D eigenvalue weighted by Crippen LogP contribution is 2.33. The minimum Gasteiger partial charge on any atom is -0.496 e. The zero-order valence-corrected chi connectivity index (χ0v) is 16.0. The van der Waals surface area contributed by atoms with Crippen molar-refractivity contribution in [2.24, 2.45) is 4.99 Å². The number of hydrogen-bond acceptors (Lipinski definition) is 5. The number of aliphatic hydroxyl groups excluding tert-OH is 1. The molecule has 2 N–H and O–H groups in total. The summed E-state index contributed by atoms with van der Waals surface area (Å²) in [6.07, 6.45) is -0.501.